The second-order valence-electron chi connectivity index (χ2n) is 15.3. The highest BCUT2D eigenvalue weighted by molar-refractivity contribution is 6.08. The van der Waals surface area contributed by atoms with Gasteiger partial charge < -0.3 is 56.8 Å². The van der Waals surface area contributed by atoms with E-state index in [-0.39, 0.29) is 0 Å². The van der Waals surface area contributed by atoms with Crippen LogP contribution in [0.4, 0.5) is 0 Å². The average Bonchev–Trinajstić information content (AvgIpc) is 3.25. The van der Waals surface area contributed by atoms with Gasteiger partial charge in [0.2, 0.25) is 0 Å². The molecule has 0 amide bonds. The molecule has 0 saturated heterocycles. The Hall–Kier alpha value is -2.94. The third kappa shape index (κ3) is 17.1. The lowest BCUT2D eigenvalue weighted by Crippen LogP contribution is -2.16. The van der Waals surface area contributed by atoms with Gasteiger partial charge >= 0.3 is 0 Å². The summed E-state index contributed by atoms with van der Waals surface area (Å²) in [5.74, 6) is 2.81. The summed E-state index contributed by atoms with van der Waals surface area (Å²) in [5, 5.41) is 4.75. The molecule has 12 nitrogen and oxygen atoms in total. The Morgan fingerprint density at radius 3 is 0.733 bits per heavy atom. The fraction of sp³-hybridized carbons (Fsp3) is 0.708. The second kappa shape index (κ2) is 30.2. The lowest BCUT2D eigenvalue weighted by molar-refractivity contribution is -0.00840. The molecular formula is C48H74O12. The monoisotopic (exact) mass is 843 g/mol. The van der Waals surface area contributed by atoms with Crippen LogP contribution in [0.25, 0.3) is 21.5 Å². The summed E-state index contributed by atoms with van der Waals surface area (Å²) in [5.41, 5.74) is 2.58. The van der Waals surface area contributed by atoms with Crippen molar-refractivity contribution in [3.8, 4) is 23.0 Å². The molecule has 0 fully saturated rings. The van der Waals surface area contributed by atoms with Crippen molar-refractivity contribution in [1.29, 1.82) is 0 Å². The number of benzene rings is 3. The van der Waals surface area contributed by atoms with Crippen molar-refractivity contribution in [3.63, 3.8) is 0 Å². The van der Waals surface area contributed by atoms with Gasteiger partial charge in [-0.25, -0.2) is 0 Å². The summed E-state index contributed by atoms with van der Waals surface area (Å²) in [6.45, 7) is 13.9. The number of hydrogen-bond donors (Lipinski definition) is 0. The first kappa shape index (κ1) is 48.1. The maximum Gasteiger partial charge on any atom is 0.161 e. The van der Waals surface area contributed by atoms with Crippen molar-refractivity contribution in [2.75, 3.05) is 132 Å². The zero-order valence-corrected chi connectivity index (χ0v) is 36.8. The van der Waals surface area contributed by atoms with Crippen LogP contribution in [0.1, 0.15) is 89.2 Å². The standard InChI is InChI=1S/C48H74O12/c1-3-5-7-9-11-13-39-41-35-45-47(59-33-29-55-25-21-51-17-15-49-19-23-53-27-31-57-45)37-43(41)40(14-12-10-8-6-4-2)44-38-48-46(36-42(39)44)58-32-28-54-24-20-50-16-18-52-22-26-56-30-34-60-48/h35-38H,3-34H2,1-2H3. The molecule has 0 spiro atoms. The van der Waals surface area contributed by atoms with E-state index in [1.54, 1.807) is 0 Å². The van der Waals surface area contributed by atoms with E-state index >= 15 is 0 Å². The first-order chi connectivity index (χ1) is 29.8. The maximum absolute atomic E-state index is 6.51. The van der Waals surface area contributed by atoms with Gasteiger partial charge in [-0.3, -0.25) is 0 Å². The van der Waals surface area contributed by atoms with Gasteiger partial charge in [-0.1, -0.05) is 65.2 Å². The zero-order valence-electron chi connectivity index (χ0n) is 36.8. The third-order valence-corrected chi connectivity index (χ3v) is 10.7. The van der Waals surface area contributed by atoms with E-state index in [4.69, 9.17) is 56.8 Å². The van der Waals surface area contributed by atoms with Gasteiger partial charge in [-0.05, 0) is 82.6 Å². The number of ether oxygens (including phenoxy) is 12. The van der Waals surface area contributed by atoms with Crippen molar-refractivity contribution < 1.29 is 56.8 Å². The van der Waals surface area contributed by atoms with Gasteiger partial charge in [0.25, 0.3) is 0 Å². The van der Waals surface area contributed by atoms with E-state index in [9.17, 15) is 0 Å². The summed E-state index contributed by atoms with van der Waals surface area (Å²) >= 11 is 0. The number of unbranched alkanes of at least 4 members (excludes halogenated alkanes) is 8. The average molecular weight is 843 g/mol. The molecule has 0 atom stereocenters. The summed E-state index contributed by atoms with van der Waals surface area (Å²) in [4.78, 5) is 0. The van der Waals surface area contributed by atoms with Crippen LogP contribution < -0.4 is 18.9 Å². The van der Waals surface area contributed by atoms with Crippen LogP contribution in [0, 0.1) is 0 Å². The van der Waals surface area contributed by atoms with E-state index in [2.05, 4.69) is 38.1 Å². The lowest BCUT2D eigenvalue weighted by atomic mass is 9.86. The smallest absolute Gasteiger partial charge is 0.161 e. The maximum atomic E-state index is 6.51. The summed E-state index contributed by atoms with van der Waals surface area (Å²) in [7, 11) is 0. The fourth-order valence-electron chi connectivity index (χ4n) is 7.58. The molecule has 2 aliphatic rings. The summed E-state index contributed by atoms with van der Waals surface area (Å²) < 4.78 is 72.1. The number of fused-ring (bicyclic) bond motifs is 4. The predicted molar refractivity (Wildman–Crippen MR) is 235 cm³/mol. The normalized spacial score (nSPS) is 18.3. The number of aryl methyl sites for hydroxylation is 2. The predicted octanol–water partition coefficient (Wildman–Crippen LogP) is 8.69. The molecular weight excluding hydrogens is 769 g/mol. The van der Waals surface area contributed by atoms with Crippen molar-refractivity contribution in [2.24, 2.45) is 0 Å². The van der Waals surface area contributed by atoms with E-state index in [0.717, 1.165) is 25.7 Å². The lowest BCUT2D eigenvalue weighted by Gasteiger charge is -2.22. The molecule has 5 rings (SSSR count). The van der Waals surface area contributed by atoms with Crippen molar-refractivity contribution in [1.82, 2.24) is 0 Å². The Morgan fingerprint density at radius 1 is 0.283 bits per heavy atom. The molecule has 2 aliphatic heterocycles. The van der Waals surface area contributed by atoms with Gasteiger partial charge in [0, 0.05) is 0 Å². The molecule has 0 aromatic heterocycles. The Labute approximate surface area is 359 Å². The van der Waals surface area contributed by atoms with Crippen LogP contribution in [0.2, 0.25) is 0 Å². The molecule has 3 aromatic rings. The third-order valence-electron chi connectivity index (χ3n) is 10.7. The molecule has 0 aliphatic carbocycles. The van der Waals surface area contributed by atoms with Gasteiger partial charge in [0.05, 0.1) is 106 Å². The van der Waals surface area contributed by atoms with Crippen LogP contribution in [0.5, 0.6) is 23.0 Å². The molecule has 338 valence electrons. The first-order valence-electron chi connectivity index (χ1n) is 23.0. The Balaban J connectivity index is 1.58. The molecule has 60 heavy (non-hydrogen) atoms. The van der Waals surface area contributed by atoms with Crippen LogP contribution >= 0.6 is 0 Å². The van der Waals surface area contributed by atoms with Crippen LogP contribution in [0.3, 0.4) is 0 Å². The van der Waals surface area contributed by atoms with E-state index in [1.165, 1.54) is 84.0 Å². The Kier molecular flexibility index (Phi) is 24.2. The molecule has 2 heterocycles. The molecule has 0 N–H and O–H groups in total. The van der Waals surface area contributed by atoms with E-state index < -0.39 is 0 Å². The van der Waals surface area contributed by atoms with Gasteiger partial charge in [0.1, 0.15) is 26.4 Å². The second-order valence-corrected chi connectivity index (χ2v) is 15.3. The first-order valence-corrected chi connectivity index (χ1v) is 23.0. The van der Waals surface area contributed by atoms with Crippen molar-refractivity contribution >= 4 is 21.5 Å². The molecule has 0 saturated carbocycles. The van der Waals surface area contributed by atoms with Gasteiger partial charge in [0.15, 0.2) is 23.0 Å². The Morgan fingerprint density at radius 2 is 0.500 bits per heavy atom. The minimum atomic E-state index is 0.384. The number of rotatable bonds is 12. The topological polar surface area (TPSA) is 111 Å². The SMILES string of the molecule is CCCCCCCc1c2cc3c(cc2c(CCCCCCC)c2cc4c(cc12)OCCOCCOCCOCCOCCO4)OCCOCCOCCOCCOCCO3. The molecule has 0 radical (unpaired) electrons. The summed E-state index contributed by atoms with van der Waals surface area (Å²) in [6.07, 6.45) is 13.7. The largest absolute Gasteiger partial charge is 0.487 e. The highest BCUT2D eigenvalue weighted by Crippen LogP contribution is 2.44. The van der Waals surface area contributed by atoms with Crippen molar-refractivity contribution in [2.45, 2.75) is 90.9 Å². The molecule has 3 aromatic carbocycles. The summed E-state index contributed by atoms with van der Waals surface area (Å²) in [6, 6.07) is 8.83. The molecule has 0 bridgehead atoms. The molecule has 0 unspecified atom stereocenters. The van der Waals surface area contributed by atoms with Crippen LogP contribution in [0.15, 0.2) is 24.3 Å². The molecule has 12 heteroatoms. The minimum absolute atomic E-state index is 0.384. The highest BCUT2D eigenvalue weighted by atomic mass is 16.6. The van der Waals surface area contributed by atoms with Gasteiger partial charge in [-0.15, -0.1) is 0 Å². The van der Waals surface area contributed by atoms with Crippen LogP contribution in [-0.4, -0.2) is 132 Å². The van der Waals surface area contributed by atoms with E-state index in [1.807, 2.05) is 0 Å². The quantitative estimate of drug-likeness (QED) is 0.129. The minimum Gasteiger partial charge on any atom is -0.487 e. The van der Waals surface area contributed by atoms with Crippen molar-refractivity contribution in [3.05, 3.63) is 35.4 Å². The Bertz CT molecular complexity index is 1380. The number of hydrogen-bond acceptors (Lipinski definition) is 12. The zero-order chi connectivity index (χ0) is 41.7. The van der Waals surface area contributed by atoms with Crippen LogP contribution in [-0.2, 0) is 50.7 Å². The highest BCUT2D eigenvalue weighted by Gasteiger charge is 2.21. The van der Waals surface area contributed by atoms with E-state index in [0.29, 0.717) is 155 Å². The fourth-order valence-corrected chi connectivity index (χ4v) is 7.58. The van der Waals surface area contributed by atoms with Gasteiger partial charge in [-0.2, -0.15) is 0 Å².